The molecule has 0 amide bonds. The van der Waals surface area contributed by atoms with Crippen molar-refractivity contribution in [3.8, 4) is 0 Å². The number of aromatic nitrogens is 2. The maximum atomic E-state index is 12.2. The summed E-state index contributed by atoms with van der Waals surface area (Å²) in [5.41, 5.74) is 1.66. The van der Waals surface area contributed by atoms with Crippen LogP contribution in [0.5, 0.6) is 0 Å². The Kier molecular flexibility index (Phi) is 4.45. The van der Waals surface area contributed by atoms with Crippen LogP contribution in [-0.4, -0.2) is 58.2 Å². The monoisotopic (exact) mass is 333 g/mol. The van der Waals surface area contributed by atoms with Gasteiger partial charge in [0.25, 0.3) is 5.56 Å². The molecule has 132 valence electrons. The number of hydrogen-bond donors (Lipinski definition) is 1. The fourth-order valence-corrected chi connectivity index (χ4v) is 4.28. The van der Waals surface area contributed by atoms with E-state index in [1.54, 1.807) is 10.7 Å². The zero-order chi connectivity index (χ0) is 16.6. The predicted molar refractivity (Wildman–Crippen MR) is 90.1 cm³/mol. The van der Waals surface area contributed by atoms with E-state index in [4.69, 9.17) is 4.74 Å². The summed E-state index contributed by atoms with van der Waals surface area (Å²) in [5.74, 6) is 0.500. The maximum Gasteiger partial charge on any atom is 0.267 e. The van der Waals surface area contributed by atoms with Crippen LogP contribution in [0.25, 0.3) is 0 Å². The number of nitrogens with zero attached hydrogens (tertiary/aromatic N) is 3. The van der Waals surface area contributed by atoms with Gasteiger partial charge in [0.15, 0.2) is 0 Å². The molecular weight excluding hydrogens is 306 g/mol. The lowest BCUT2D eigenvalue weighted by Crippen LogP contribution is -2.47. The fraction of sp³-hybridized carbons (Fsp3) is 0.778. The summed E-state index contributed by atoms with van der Waals surface area (Å²) >= 11 is 0. The second kappa shape index (κ2) is 6.58. The van der Waals surface area contributed by atoms with E-state index in [9.17, 15) is 9.90 Å². The van der Waals surface area contributed by atoms with Gasteiger partial charge in [0, 0.05) is 32.2 Å². The van der Waals surface area contributed by atoms with Crippen molar-refractivity contribution in [1.29, 1.82) is 0 Å². The Labute approximate surface area is 142 Å². The SMILES string of the molecule is O=c1cc2c(nn1CC1CCN(CC3(O)CCOC3)CC1)CCC2. The zero-order valence-electron chi connectivity index (χ0n) is 14.2. The Morgan fingerprint density at radius 2 is 2.17 bits per heavy atom. The first-order valence-corrected chi connectivity index (χ1v) is 9.24. The highest BCUT2D eigenvalue weighted by Gasteiger charge is 2.35. The van der Waals surface area contributed by atoms with Crippen LogP contribution in [0.1, 0.15) is 36.9 Å². The molecule has 1 unspecified atom stereocenters. The quantitative estimate of drug-likeness (QED) is 0.874. The van der Waals surface area contributed by atoms with E-state index < -0.39 is 5.60 Å². The Bertz CT molecular complexity index is 643. The average molecular weight is 333 g/mol. The first-order chi connectivity index (χ1) is 11.6. The van der Waals surface area contributed by atoms with Gasteiger partial charge in [0.1, 0.15) is 5.60 Å². The van der Waals surface area contributed by atoms with Gasteiger partial charge in [-0.15, -0.1) is 0 Å². The lowest BCUT2D eigenvalue weighted by Gasteiger charge is -2.36. The van der Waals surface area contributed by atoms with Crippen LogP contribution in [0.3, 0.4) is 0 Å². The van der Waals surface area contributed by atoms with Gasteiger partial charge in [-0.2, -0.15) is 5.10 Å². The number of piperidine rings is 1. The minimum absolute atomic E-state index is 0.0514. The number of hydrogen-bond acceptors (Lipinski definition) is 5. The Morgan fingerprint density at radius 3 is 2.92 bits per heavy atom. The van der Waals surface area contributed by atoms with Gasteiger partial charge in [-0.3, -0.25) is 4.79 Å². The van der Waals surface area contributed by atoms with Gasteiger partial charge in [0.05, 0.1) is 12.3 Å². The second-order valence-corrected chi connectivity index (χ2v) is 7.74. The van der Waals surface area contributed by atoms with Gasteiger partial charge >= 0.3 is 0 Å². The van der Waals surface area contributed by atoms with Crippen molar-refractivity contribution < 1.29 is 9.84 Å². The van der Waals surface area contributed by atoms with Gasteiger partial charge in [0.2, 0.25) is 0 Å². The van der Waals surface area contributed by atoms with Crippen molar-refractivity contribution >= 4 is 0 Å². The summed E-state index contributed by atoms with van der Waals surface area (Å²) < 4.78 is 7.01. The average Bonchev–Trinajstić information content (AvgIpc) is 3.18. The summed E-state index contributed by atoms with van der Waals surface area (Å²) in [6.07, 6.45) is 5.99. The summed E-state index contributed by atoms with van der Waals surface area (Å²) in [7, 11) is 0. The van der Waals surface area contributed by atoms with Crippen LogP contribution in [0.4, 0.5) is 0 Å². The molecule has 24 heavy (non-hydrogen) atoms. The molecule has 6 nitrogen and oxygen atoms in total. The molecule has 2 fully saturated rings. The van der Waals surface area contributed by atoms with E-state index in [-0.39, 0.29) is 5.56 Å². The smallest absolute Gasteiger partial charge is 0.267 e. The number of fused-ring (bicyclic) bond motifs is 1. The molecule has 0 radical (unpaired) electrons. The molecule has 2 saturated heterocycles. The molecule has 3 aliphatic rings. The van der Waals surface area contributed by atoms with Crippen molar-refractivity contribution in [2.45, 2.75) is 50.7 Å². The standard InChI is InChI=1S/C18H27N3O3/c22-17-10-15-2-1-3-16(15)19-21(17)11-14-4-7-20(8-5-14)12-18(23)6-9-24-13-18/h10,14,23H,1-9,11-13H2. The summed E-state index contributed by atoms with van der Waals surface area (Å²) in [4.78, 5) is 14.6. The lowest BCUT2D eigenvalue weighted by atomic mass is 9.94. The van der Waals surface area contributed by atoms with E-state index >= 15 is 0 Å². The number of aryl methyl sites for hydroxylation is 2. The molecule has 0 spiro atoms. The van der Waals surface area contributed by atoms with Gasteiger partial charge in [-0.25, -0.2) is 4.68 Å². The number of likely N-dealkylation sites (tertiary alicyclic amines) is 1. The van der Waals surface area contributed by atoms with Crippen molar-refractivity contribution in [3.05, 3.63) is 27.7 Å². The maximum absolute atomic E-state index is 12.2. The molecule has 6 heteroatoms. The Balaban J connectivity index is 1.33. The van der Waals surface area contributed by atoms with E-state index in [1.165, 1.54) is 0 Å². The van der Waals surface area contributed by atoms with Gasteiger partial charge < -0.3 is 14.7 Å². The third kappa shape index (κ3) is 3.41. The molecule has 1 aromatic heterocycles. The molecule has 0 saturated carbocycles. The molecule has 1 aromatic rings. The van der Waals surface area contributed by atoms with E-state index in [0.717, 1.165) is 69.4 Å². The first kappa shape index (κ1) is 16.2. The lowest BCUT2D eigenvalue weighted by molar-refractivity contribution is -0.0127. The van der Waals surface area contributed by atoms with Crippen molar-refractivity contribution in [2.75, 3.05) is 32.8 Å². The van der Waals surface area contributed by atoms with Crippen LogP contribution in [0.2, 0.25) is 0 Å². The van der Waals surface area contributed by atoms with Crippen LogP contribution >= 0.6 is 0 Å². The van der Waals surface area contributed by atoms with Crippen molar-refractivity contribution in [2.24, 2.45) is 5.92 Å². The normalized spacial score (nSPS) is 28.4. The minimum Gasteiger partial charge on any atom is -0.386 e. The highest BCUT2D eigenvalue weighted by atomic mass is 16.5. The number of β-amino-alcohol motifs (C(OH)–C–C–N with tert-alkyl or cyclic N) is 1. The van der Waals surface area contributed by atoms with E-state index in [1.807, 2.05) is 0 Å². The molecule has 0 aromatic carbocycles. The molecule has 4 rings (SSSR count). The molecular formula is C18H27N3O3. The summed E-state index contributed by atoms with van der Waals surface area (Å²) in [5, 5.41) is 15.0. The highest BCUT2D eigenvalue weighted by Crippen LogP contribution is 2.24. The summed E-state index contributed by atoms with van der Waals surface area (Å²) in [6, 6.07) is 1.79. The van der Waals surface area contributed by atoms with E-state index in [2.05, 4.69) is 10.00 Å². The number of aliphatic hydroxyl groups is 1. The van der Waals surface area contributed by atoms with Gasteiger partial charge in [-0.05, 0) is 56.7 Å². The Hall–Kier alpha value is -1.24. The predicted octanol–water partition coefficient (Wildman–Crippen LogP) is 0.595. The third-order valence-electron chi connectivity index (χ3n) is 5.76. The van der Waals surface area contributed by atoms with Crippen molar-refractivity contribution in [1.82, 2.24) is 14.7 Å². The third-order valence-corrected chi connectivity index (χ3v) is 5.76. The van der Waals surface area contributed by atoms with Crippen molar-refractivity contribution in [3.63, 3.8) is 0 Å². The molecule has 1 atom stereocenters. The van der Waals surface area contributed by atoms with Crippen LogP contribution in [0, 0.1) is 5.92 Å². The van der Waals surface area contributed by atoms with Crippen LogP contribution in [-0.2, 0) is 24.1 Å². The highest BCUT2D eigenvalue weighted by molar-refractivity contribution is 5.22. The molecule has 0 bridgehead atoms. The summed E-state index contributed by atoms with van der Waals surface area (Å²) in [6.45, 7) is 4.52. The zero-order valence-corrected chi connectivity index (χ0v) is 14.2. The fourth-order valence-electron chi connectivity index (χ4n) is 4.28. The van der Waals surface area contributed by atoms with Crippen LogP contribution in [0.15, 0.2) is 10.9 Å². The second-order valence-electron chi connectivity index (χ2n) is 7.74. The minimum atomic E-state index is -0.661. The van der Waals surface area contributed by atoms with E-state index in [0.29, 0.717) is 25.7 Å². The van der Waals surface area contributed by atoms with Gasteiger partial charge in [-0.1, -0.05) is 0 Å². The topological polar surface area (TPSA) is 67.6 Å². The molecule has 1 aliphatic carbocycles. The Morgan fingerprint density at radius 1 is 1.33 bits per heavy atom. The van der Waals surface area contributed by atoms with Crippen LogP contribution < -0.4 is 5.56 Å². The molecule has 3 heterocycles. The number of rotatable bonds is 4. The molecule has 1 N–H and O–H groups in total. The number of ether oxygens (including phenoxy) is 1. The largest absolute Gasteiger partial charge is 0.386 e. The molecule has 2 aliphatic heterocycles. The first-order valence-electron chi connectivity index (χ1n) is 9.24.